The molecule has 1 aliphatic heterocycles. The van der Waals surface area contributed by atoms with Crippen molar-refractivity contribution in [2.75, 3.05) is 13.2 Å². The topological polar surface area (TPSA) is 90.2 Å². The molecule has 0 bridgehead atoms. The summed E-state index contributed by atoms with van der Waals surface area (Å²) in [4.78, 5) is 0. The summed E-state index contributed by atoms with van der Waals surface area (Å²) in [5.41, 5.74) is 0. The molecule has 0 aromatic heterocycles. The van der Waals surface area contributed by atoms with Gasteiger partial charge in [0.05, 0.1) is 13.2 Å². The Bertz CT molecular complexity index is 126. The molecule has 1 saturated heterocycles. The summed E-state index contributed by atoms with van der Waals surface area (Å²) in [5, 5.41) is 35.7. The first-order chi connectivity index (χ1) is 5.16. The molecule has 1 unspecified atom stereocenters. The van der Waals surface area contributed by atoms with E-state index in [0.29, 0.717) is 0 Å². The lowest BCUT2D eigenvalue weighted by Crippen LogP contribution is -2.53. The molecule has 66 valence electrons. The van der Waals surface area contributed by atoms with Crippen molar-refractivity contribution in [2.45, 2.75) is 24.4 Å². The minimum Gasteiger partial charge on any atom is -0.394 e. The van der Waals surface area contributed by atoms with Crippen molar-refractivity contribution >= 4 is 0 Å². The van der Waals surface area contributed by atoms with E-state index in [4.69, 9.17) is 25.2 Å². The largest absolute Gasteiger partial charge is 0.394 e. The van der Waals surface area contributed by atoms with Crippen LogP contribution in [-0.2, 0) is 4.74 Å². The molecule has 0 saturated carbocycles. The van der Waals surface area contributed by atoms with E-state index in [1.807, 2.05) is 0 Å². The quantitative estimate of drug-likeness (QED) is 0.343. The molecule has 5 nitrogen and oxygen atoms in total. The van der Waals surface area contributed by atoms with E-state index in [-0.39, 0.29) is 13.2 Å². The van der Waals surface area contributed by atoms with Gasteiger partial charge in [0.1, 0.15) is 24.4 Å². The number of hydrogen-bond acceptors (Lipinski definition) is 5. The van der Waals surface area contributed by atoms with E-state index in [2.05, 4.69) is 0 Å². The van der Waals surface area contributed by atoms with Crippen molar-refractivity contribution in [1.29, 1.82) is 0 Å². The van der Waals surface area contributed by atoms with Gasteiger partial charge in [-0.25, -0.2) is 0 Å². The molecule has 0 aromatic carbocycles. The van der Waals surface area contributed by atoms with Gasteiger partial charge in [0, 0.05) is 0 Å². The molecule has 1 fully saturated rings. The summed E-state index contributed by atoms with van der Waals surface area (Å²) in [7, 11) is 0. The van der Waals surface area contributed by atoms with Crippen molar-refractivity contribution in [3.8, 4) is 0 Å². The fraction of sp³-hybridized carbons (Fsp3) is 1.00. The Hall–Kier alpha value is -0.200. The number of ether oxygens (including phenoxy) is 1. The molecule has 0 aromatic rings. The molecule has 11 heavy (non-hydrogen) atoms. The van der Waals surface area contributed by atoms with Crippen LogP contribution in [0.15, 0.2) is 0 Å². The number of rotatable bonds is 1. The number of aliphatic hydroxyl groups is 4. The summed E-state index contributed by atoms with van der Waals surface area (Å²) in [6, 6.07) is 0. The average molecular weight is 164 g/mol. The van der Waals surface area contributed by atoms with Crippen LogP contribution in [0.3, 0.4) is 0 Å². The van der Waals surface area contributed by atoms with Gasteiger partial charge in [0.25, 0.3) is 0 Å². The monoisotopic (exact) mass is 164 g/mol. The summed E-state index contributed by atoms with van der Waals surface area (Å²) < 4.78 is 4.81. The molecule has 0 spiro atoms. The highest BCUT2D eigenvalue weighted by molar-refractivity contribution is 4.85. The van der Waals surface area contributed by atoms with Gasteiger partial charge in [-0.2, -0.15) is 0 Å². The smallest absolute Gasteiger partial charge is 0.111 e. The molecule has 0 aliphatic carbocycles. The number of hydrogen-bond donors (Lipinski definition) is 4. The van der Waals surface area contributed by atoms with E-state index in [1.54, 1.807) is 0 Å². The van der Waals surface area contributed by atoms with E-state index >= 15 is 0 Å². The van der Waals surface area contributed by atoms with E-state index in [1.165, 1.54) is 0 Å². The first-order valence-electron chi connectivity index (χ1n) is 3.43. The normalized spacial score (nSPS) is 45.8. The zero-order valence-corrected chi connectivity index (χ0v) is 5.92. The standard InChI is InChI=1S/C6H12O5/c7-1-4-6(10)5(9)3(8)2-11-4/h3-10H,1-2H2/t3-,4+,5?,6-/m0/s1. The number of aliphatic hydroxyl groups excluding tert-OH is 4. The minimum atomic E-state index is -1.22. The second-order valence-corrected chi connectivity index (χ2v) is 2.60. The molecule has 4 N–H and O–H groups in total. The maximum Gasteiger partial charge on any atom is 0.111 e. The maximum atomic E-state index is 9.11. The summed E-state index contributed by atoms with van der Waals surface area (Å²) in [5.74, 6) is 0. The van der Waals surface area contributed by atoms with Crippen molar-refractivity contribution in [3.05, 3.63) is 0 Å². The van der Waals surface area contributed by atoms with Crippen LogP contribution in [-0.4, -0.2) is 58.1 Å². The van der Waals surface area contributed by atoms with Gasteiger partial charge >= 0.3 is 0 Å². The molecular formula is C6H12O5. The highest BCUT2D eigenvalue weighted by atomic mass is 16.5. The first kappa shape index (κ1) is 8.89. The van der Waals surface area contributed by atoms with Crippen molar-refractivity contribution in [3.63, 3.8) is 0 Å². The van der Waals surface area contributed by atoms with Crippen LogP contribution in [0.5, 0.6) is 0 Å². The summed E-state index contributed by atoms with van der Waals surface area (Å²) >= 11 is 0. The second kappa shape index (κ2) is 3.46. The SMILES string of the molecule is OC[C@H]1OC[C@H](O)C(O)[C@H]1O. The molecule has 1 rings (SSSR count). The van der Waals surface area contributed by atoms with Gasteiger partial charge in [-0.15, -0.1) is 0 Å². The Morgan fingerprint density at radius 2 is 1.82 bits per heavy atom. The predicted molar refractivity (Wildman–Crippen MR) is 34.8 cm³/mol. The minimum absolute atomic E-state index is 0.0521. The van der Waals surface area contributed by atoms with Gasteiger partial charge in [-0.05, 0) is 0 Å². The van der Waals surface area contributed by atoms with Gasteiger partial charge in [-0.1, -0.05) is 0 Å². The van der Waals surface area contributed by atoms with E-state index in [0.717, 1.165) is 0 Å². The van der Waals surface area contributed by atoms with Crippen LogP contribution in [0, 0.1) is 0 Å². The Kier molecular flexibility index (Phi) is 2.80. The Morgan fingerprint density at radius 1 is 1.18 bits per heavy atom. The zero-order chi connectivity index (χ0) is 8.43. The lowest BCUT2D eigenvalue weighted by molar-refractivity contribution is -0.195. The van der Waals surface area contributed by atoms with Crippen LogP contribution in [0.25, 0.3) is 0 Å². The van der Waals surface area contributed by atoms with Gasteiger partial charge in [0.15, 0.2) is 0 Å². The van der Waals surface area contributed by atoms with Crippen molar-refractivity contribution < 1.29 is 25.2 Å². The molecular weight excluding hydrogens is 152 g/mol. The third kappa shape index (κ3) is 1.69. The molecule has 1 heterocycles. The predicted octanol–water partition coefficient (Wildman–Crippen LogP) is -2.54. The highest BCUT2D eigenvalue weighted by Gasteiger charge is 2.36. The summed E-state index contributed by atoms with van der Waals surface area (Å²) in [6.07, 6.45) is -4.27. The van der Waals surface area contributed by atoms with Gasteiger partial charge in [-0.3, -0.25) is 0 Å². The average Bonchev–Trinajstić information content (AvgIpc) is 2.01. The highest BCUT2D eigenvalue weighted by Crippen LogP contribution is 2.14. The third-order valence-corrected chi connectivity index (χ3v) is 1.79. The second-order valence-electron chi connectivity index (χ2n) is 2.60. The maximum absolute atomic E-state index is 9.11. The van der Waals surface area contributed by atoms with Gasteiger partial charge in [0.2, 0.25) is 0 Å². The molecule has 0 amide bonds. The Labute approximate surface area is 63.8 Å². The van der Waals surface area contributed by atoms with Gasteiger partial charge < -0.3 is 25.2 Å². The Morgan fingerprint density at radius 3 is 2.36 bits per heavy atom. The fourth-order valence-corrected chi connectivity index (χ4v) is 1.03. The van der Waals surface area contributed by atoms with Crippen LogP contribution >= 0.6 is 0 Å². The lowest BCUT2D eigenvalue weighted by atomic mass is 10.0. The van der Waals surface area contributed by atoms with Crippen LogP contribution in [0.1, 0.15) is 0 Å². The lowest BCUT2D eigenvalue weighted by Gasteiger charge is -2.34. The van der Waals surface area contributed by atoms with Crippen LogP contribution < -0.4 is 0 Å². The molecule has 0 radical (unpaired) electrons. The van der Waals surface area contributed by atoms with Crippen molar-refractivity contribution in [2.24, 2.45) is 0 Å². The molecule has 1 aliphatic rings. The van der Waals surface area contributed by atoms with Crippen molar-refractivity contribution in [1.82, 2.24) is 0 Å². The van der Waals surface area contributed by atoms with E-state index < -0.39 is 24.4 Å². The molecule has 5 heteroatoms. The zero-order valence-electron chi connectivity index (χ0n) is 5.92. The third-order valence-electron chi connectivity index (χ3n) is 1.79. The summed E-state index contributed by atoms with van der Waals surface area (Å²) in [6.45, 7) is -0.408. The molecule has 4 atom stereocenters. The van der Waals surface area contributed by atoms with E-state index in [9.17, 15) is 0 Å². The Balaban J connectivity index is 2.52. The first-order valence-corrected chi connectivity index (χ1v) is 3.43. The fourth-order valence-electron chi connectivity index (χ4n) is 1.03. The van der Waals surface area contributed by atoms with Crippen LogP contribution in [0.4, 0.5) is 0 Å². The van der Waals surface area contributed by atoms with Crippen LogP contribution in [0.2, 0.25) is 0 Å².